The van der Waals surface area contributed by atoms with Crippen molar-refractivity contribution in [2.75, 3.05) is 13.1 Å². The maximum atomic E-state index is 14.4. The van der Waals surface area contributed by atoms with Gasteiger partial charge in [0.25, 0.3) is 5.91 Å². The van der Waals surface area contributed by atoms with Crippen LogP contribution in [-0.4, -0.2) is 50.5 Å². The molecule has 40 heavy (non-hydrogen) atoms. The molecule has 216 valence electrons. The van der Waals surface area contributed by atoms with Crippen molar-refractivity contribution in [3.8, 4) is 0 Å². The molecule has 0 bridgehead atoms. The van der Waals surface area contributed by atoms with Crippen LogP contribution in [0.5, 0.6) is 0 Å². The first-order valence-electron chi connectivity index (χ1n) is 13.4. The van der Waals surface area contributed by atoms with Crippen LogP contribution in [0.3, 0.4) is 0 Å². The molecule has 1 aromatic heterocycles. The lowest BCUT2D eigenvalue weighted by molar-refractivity contribution is -0.147. The summed E-state index contributed by atoms with van der Waals surface area (Å²) in [6.07, 6.45) is 0.841. The topological polar surface area (TPSA) is 92.5 Å². The number of carboxylic acids is 1. The van der Waals surface area contributed by atoms with Gasteiger partial charge < -0.3 is 10.0 Å². The molecule has 0 radical (unpaired) electrons. The van der Waals surface area contributed by atoms with Crippen molar-refractivity contribution in [2.45, 2.75) is 70.5 Å². The molecule has 0 unspecified atom stereocenters. The summed E-state index contributed by atoms with van der Waals surface area (Å²) in [5.74, 6) is -2.98. The number of Topliss-reactive ketones (excluding diaryl/α,β-unsaturated/α-hetero) is 1. The summed E-state index contributed by atoms with van der Waals surface area (Å²) < 4.78 is 44.1. The highest BCUT2D eigenvalue weighted by atomic mass is 35.5. The van der Waals surface area contributed by atoms with Crippen molar-refractivity contribution in [1.82, 2.24) is 14.7 Å². The van der Waals surface area contributed by atoms with Crippen molar-refractivity contribution in [2.24, 2.45) is 17.3 Å². The van der Waals surface area contributed by atoms with Gasteiger partial charge in [-0.25, -0.2) is 0 Å². The lowest BCUT2D eigenvalue weighted by Gasteiger charge is -2.39. The van der Waals surface area contributed by atoms with Crippen LogP contribution in [0.15, 0.2) is 18.3 Å². The molecule has 3 aliphatic rings. The number of aliphatic carboxylic acids is 1. The Labute approximate surface area is 239 Å². The van der Waals surface area contributed by atoms with Gasteiger partial charge in [0.2, 0.25) is 0 Å². The number of ketones is 1. The predicted octanol–water partition coefficient (Wildman–Crippen LogP) is 6.85. The van der Waals surface area contributed by atoms with Gasteiger partial charge in [-0.2, -0.15) is 18.3 Å². The quantitative estimate of drug-likeness (QED) is 0.335. The normalized spacial score (nSPS) is 22.1. The molecule has 7 nitrogen and oxygen atoms in total. The van der Waals surface area contributed by atoms with Gasteiger partial charge in [0, 0.05) is 6.54 Å². The zero-order valence-corrected chi connectivity index (χ0v) is 23.5. The summed E-state index contributed by atoms with van der Waals surface area (Å²) in [4.78, 5) is 39.6. The van der Waals surface area contributed by atoms with E-state index in [0.29, 0.717) is 5.41 Å². The van der Waals surface area contributed by atoms with Crippen LogP contribution in [0.2, 0.25) is 10.0 Å². The molecule has 1 N–H and O–H groups in total. The fraction of sp³-hybridized carbons (Fsp3) is 0.571. The molecule has 1 amide bonds. The minimum atomic E-state index is -4.89. The largest absolute Gasteiger partial charge is 0.481 e. The minimum absolute atomic E-state index is 0.0286. The number of aromatic nitrogens is 2. The number of hydrogen-bond donors (Lipinski definition) is 1. The zero-order valence-electron chi connectivity index (χ0n) is 21.9. The number of amides is 1. The van der Waals surface area contributed by atoms with E-state index in [0.717, 1.165) is 42.1 Å². The zero-order chi connectivity index (χ0) is 29.0. The highest BCUT2D eigenvalue weighted by Gasteiger charge is 2.53. The number of aryl methyl sites for hydroxylation is 1. The van der Waals surface area contributed by atoms with Gasteiger partial charge in [-0.15, -0.1) is 0 Å². The van der Waals surface area contributed by atoms with Gasteiger partial charge in [0.05, 0.1) is 45.9 Å². The van der Waals surface area contributed by atoms with Crippen LogP contribution in [-0.2, 0) is 11.0 Å². The van der Waals surface area contributed by atoms with Gasteiger partial charge in [0.15, 0.2) is 11.5 Å². The van der Waals surface area contributed by atoms with E-state index in [1.807, 2.05) is 0 Å². The summed E-state index contributed by atoms with van der Waals surface area (Å²) in [7, 11) is 0. The van der Waals surface area contributed by atoms with E-state index in [4.69, 9.17) is 23.2 Å². The number of carboxylic acid groups (broad SMARTS) is 1. The molecule has 1 aromatic carbocycles. The van der Waals surface area contributed by atoms with Crippen molar-refractivity contribution >= 4 is 40.9 Å². The Bertz CT molecular complexity index is 1320. The van der Waals surface area contributed by atoms with E-state index in [9.17, 15) is 32.7 Å². The maximum Gasteiger partial charge on any atom is 0.433 e. The number of halogens is 5. The highest BCUT2D eigenvalue weighted by molar-refractivity contribution is 6.40. The first-order chi connectivity index (χ1) is 18.8. The molecule has 3 aliphatic carbocycles. The second-order valence-electron chi connectivity index (χ2n) is 11.7. The van der Waals surface area contributed by atoms with E-state index < -0.39 is 53.6 Å². The van der Waals surface area contributed by atoms with Crippen LogP contribution in [0.4, 0.5) is 13.2 Å². The molecule has 12 heteroatoms. The third-order valence-electron chi connectivity index (χ3n) is 8.65. The Kier molecular flexibility index (Phi) is 7.72. The summed E-state index contributed by atoms with van der Waals surface area (Å²) in [6.45, 7) is 1.42. The fourth-order valence-electron chi connectivity index (χ4n) is 6.44. The molecular weight excluding hydrogens is 570 g/mol. The Morgan fingerprint density at radius 1 is 1.10 bits per heavy atom. The number of rotatable bonds is 8. The van der Waals surface area contributed by atoms with E-state index in [1.165, 1.54) is 4.90 Å². The van der Waals surface area contributed by atoms with Crippen LogP contribution < -0.4 is 0 Å². The standard InChI is InChI=1S/C28H30Cl2F3N3O4/c1-15-8-20(29)23(21(30)9-15)22(37)14-35(13-16-10-27(11-16)6-7-27)25(38)19-12-34-36(24(19)28(31,32)33)18-4-2-17(3-5-18)26(39)40/h8-9,12,16-18H,2-7,10-11,13-14H2,1H3,(H,39,40). The van der Waals surface area contributed by atoms with Crippen LogP contribution in [0, 0.1) is 24.2 Å². The molecule has 0 saturated heterocycles. The van der Waals surface area contributed by atoms with Crippen LogP contribution >= 0.6 is 23.2 Å². The van der Waals surface area contributed by atoms with Crippen LogP contribution in [0.1, 0.15) is 89.4 Å². The number of benzene rings is 1. The second kappa shape index (κ2) is 10.7. The summed E-state index contributed by atoms with van der Waals surface area (Å²) in [5.41, 5.74) is -0.733. The summed E-state index contributed by atoms with van der Waals surface area (Å²) >= 11 is 12.6. The molecule has 0 aliphatic heterocycles. The summed E-state index contributed by atoms with van der Waals surface area (Å²) in [6, 6.07) is 2.46. The van der Waals surface area contributed by atoms with E-state index in [-0.39, 0.29) is 53.8 Å². The monoisotopic (exact) mass is 599 g/mol. The molecule has 1 spiro atoms. The van der Waals surface area contributed by atoms with Crippen molar-refractivity contribution < 1.29 is 32.7 Å². The highest BCUT2D eigenvalue weighted by Crippen LogP contribution is 2.63. The second-order valence-corrected chi connectivity index (χ2v) is 12.5. The number of alkyl halides is 3. The SMILES string of the molecule is Cc1cc(Cl)c(C(=O)CN(CC2CC3(CC3)C2)C(=O)c2cnn(C3CCC(C(=O)O)CC3)c2C(F)(F)F)c(Cl)c1. The van der Waals surface area contributed by atoms with E-state index in [1.54, 1.807) is 19.1 Å². The molecule has 2 aromatic rings. The minimum Gasteiger partial charge on any atom is -0.481 e. The lowest BCUT2D eigenvalue weighted by Crippen LogP contribution is -2.43. The fourth-order valence-corrected chi connectivity index (χ4v) is 7.25. The van der Waals surface area contributed by atoms with Crippen molar-refractivity contribution in [3.05, 3.63) is 50.8 Å². The predicted molar refractivity (Wildman–Crippen MR) is 142 cm³/mol. The average molecular weight is 600 g/mol. The molecule has 3 saturated carbocycles. The Morgan fingerprint density at radius 2 is 1.70 bits per heavy atom. The van der Waals surface area contributed by atoms with Gasteiger partial charge >= 0.3 is 12.1 Å². The molecule has 5 rings (SSSR count). The van der Waals surface area contributed by atoms with Gasteiger partial charge in [-0.05, 0) is 87.3 Å². The molecule has 0 atom stereocenters. The first kappa shape index (κ1) is 28.9. The molecule has 1 heterocycles. The Balaban J connectivity index is 1.43. The maximum absolute atomic E-state index is 14.4. The third-order valence-corrected chi connectivity index (χ3v) is 9.25. The Morgan fingerprint density at radius 3 is 2.23 bits per heavy atom. The third kappa shape index (κ3) is 5.75. The average Bonchev–Trinajstić information content (AvgIpc) is 3.50. The molecular formula is C28H30Cl2F3N3O4. The molecule has 3 fully saturated rings. The first-order valence-corrected chi connectivity index (χ1v) is 14.2. The van der Waals surface area contributed by atoms with Crippen molar-refractivity contribution in [1.29, 1.82) is 0 Å². The number of hydrogen-bond acceptors (Lipinski definition) is 4. The summed E-state index contributed by atoms with van der Waals surface area (Å²) in [5, 5.41) is 13.5. The van der Waals surface area contributed by atoms with Gasteiger partial charge in [-0.1, -0.05) is 23.2 Å². The smallest absolute Gasteiger partial charge is 0.433 e. The van der Waals surface area contributed by atoms with Gasteiger partial charge in [0.1, 0.15) is 0 Å². The van der Waals surface area contributed by atoms with E-state index in [2.05, 4.69) is 5.10 Å². The number of carbonyl (C=O) groups excluding carboxylic acids is 2. The number of carbonyl (C=O) groups is 3. The van der Waals surface area contributed by atoms with E-state index >= 15 is 0 Å². The Hall–Kier alpha value is -2.59. The number of nitrogens with zero attached hydrogens (tertiary/aromatic N) is 3. The van der Waals surface area contributed by atoms with Crippen LogP contribution in [0.25, 0.3) is 0 Å². The lowest BCUT2D eigenvalue weighted by atomic mass is 9.71. The van der Waals surface area contributed by atoms with Crippen molar-refractivity contribution in [3.63, 3.8) is 0 Å². The van der Waals surface area contributed by atoms with Gasteiger partial charge in [-0.3, -0.25) is 19.1 Å².